The molecule has 5 N–H and O–H groups in total. The molecule has 0 saturated heterocycles. The van der Waals surface area contributed by atoms with E-state index < -0.39 is 35.6 Å². The van der Waals surface area contributed by atoms with Crippen molar-refractivity contribution < 1.29 is 21.9 Å². The van der Waals surface area contributed by atoms with E-state index in [9.17, 15) is 21.9 Å². The number of phenolic OH excluding ortho intramolecular Hbond substituents is 1. The molecule has 4 rings (SSSR count). The summed E-state index contributed by atoms with van der Waals surface area (Å²) in [6, 6.07) is 15.1. The van der Waals surface area contributed by atoms with E-state index in [-0.39, 0.29) is 21.9 Å². The molecule has 0 spiro atoms. The van der Waals surface area contributed by atoms with Crippen LogP contribution in [0, 0.1) is 13.8 Å². The number of rotatable bonds is 4. The van der Waals surface area contributed by atoms with Gasteiger partial charge in [-0.05, 0) is 53.8 Å². The number of fused-ring (bicyclic) bond motifs is 1. The van der Waals surface area contributed by atoms with Crippen molar-refractivity contribution in [3.63, 3.8) is 0 Å². The van der Waals surface area contributed by atoms with Crippen LogP contribution < -0.4 is 10.3 Å². The van der Waals surface area contributed by atoms with Crippen LogP contribution in [0.1, 0.15) is 11.1 Å². The summed E-state index contributed by atoms with van der Waals surface area (Å²) >= 11 is 6.87. The normalized spacial score (nSPS) is 12.3. The van der Waals surface area contributed by atoms with Crippen LogP contribution in [0.4, 0.5) is 0 Å². The van der Waals surface area contributed by atoms with Gasteiger partial charge >= 0.3 is 0 Å². The van der Waals surface area contributed by atoms with Crippen molar-refractivity contribution in [2.75, 3.05) is 0 Å². The number of nitrogens with two attached hydrogens (primary N) is 2. The second-order valence-electron chi connectivity index (χ2n) is 8.02. The van der Waals surface area contributed by atoms with Gasteiger partial charge in [0.05, 0.1) is 4.90 Å². The van der Waals surface area contributed by atoms with Gasteiger partial charge < -0.3 is 5.11 Å². The highest BCUT2D eigenvalue weighted by Gasteiger charge is 2.33. The fourth-order valence-electron chi connectivity index (χ4n) is 4.29. The lowest BCUT2D eigenvalue weighted by atomic mass is 9.91. The third-order valence-corrected chi connectivity index (χ3v) is 9.56. The number of sulfonamides is 2. The zero-order valence-corrected chi connectivity index (χ0v) is 23.3. The summed E-state index contributed by atoms with van der Waals surface area (Å²) in [7, 11) is -9.14. The maximum atomic E-state index is 13.0. The Bertz CT molecular complexity index is 1750. The van der Waals surface area contributed by atoms with Gasteiger partial charge in [-0.2, -0.15) is 0 Å². The molecule has 182 valence electrons. The van der Waals surface area contributed by atoms with E-state index in [1.165, 1.54) is 6.07 Å². The molecule has 0 unspecified atom stereocenters. The Hall–Kier alpha value is -2.28. The van der Waals surface area contributed by atoms with Gasteiger partial charge in [-0.1, -0.05) is 74.3 Å². The minimum absolute atomic E-state index is 0.0122. The van der Waals surface area contributed by atoms with Crippen molar-refractivity contribution in [2.24, 2.45) is 10.3 Å². The number of hydrogen-bond donors (Lipinski definition) is 3. The largest absolute Gasteiger partial charge is 0.506 e. The molecule has 0 aliphatic heterocycles. The van der Waals surface area contributed by atoms with Crippen LogP contribution in [0.5, 0.6) is 5.75 Å². The van der Waals surface area contributed by atoms with Crippen molar-refractivity contribution in [1.82, 2.24) is 0 Å². The molecular weight excluding hydrogens is 620 g/mol. The number of halogens is 2. The fourth-order valence-corrected chi connectivity index (χ4v) is 6.92. The smallest absolute Gasteiger partial charge is 0.242 e. The van der Waals surface area contributed by atoms with E-state index >= 15 is 0 Å². The van der Waals surface area contributed by atoms with Crippen LogP contribution in [0.3, 0.4) is 0 Å². The Morgan fingerprint density at radius 3 is 1.69 bits per heavy atom. The molecule has 0 bridgehead atoms. The van der Waals surface area contributed by atoms with Crippen LogP contribution in [0.25, 0.3) is 33.0 Å². The zero-order valence-electron chi connectivity index (χ0n) is 18.5. The zero-order chi connectivity index (χ0) is 25.9. The predicted octanol–water partition coefficient (Wildman–Crippen LogP) is 5.32. The van der Waals surface area contributed by atoms with Gasteiger partial charge in [0.2, 0.25) is 20.0 Å². The summed E-state index contributed by atoms with van der Waals surface area (Å²) in [5.41, 5.74) is 2.40. The molecule has 11 heteroatoms. The molecule has 0 amide bonds. The molecule has 0 aliphatic rings. The van der Waals surface area contributed by atoms with Gasteiger partial charge in [0.1, 0.15) is 10.6 Å². The first kappa shape index (κ1) is 25.8. The third-order valence-electron chi connectivity index (χ3n) is 5.88. The minimum Gasteiger partial charge on any atom is -0.506 e. The number of phenols is 1. The minimum atomic E-state index is -4.63. The lowest BCUT2D eigenvalue weighted by Crippen LogP contribution is -2.20. The number of hydrogen-bond acceptors (Lipinski definition) is 5. The predicted molar refractivity (Wildman–Crippen MR) is 144 cm³/mol. The lowest BCUT2D eigenvalue weighted by Gasteiger charge is -2.21. The van der Waals surface area contributed by atoms with Crippen LogP contribution in [0.2, 0.25) is 0 Å². The molecule has 0 aliphatic carbocycles. The van der Waals surface area contributed by atoms with Crippen molar-refractivity contribution >= 4 is 62.7 Å². The number of benzene rings is 4. The maximum Gasteiger partial charge on any atom is 0.242 e. The Morgan fingerprint density at radius 2 is 1.14 bits per heavy atom. The summed E-state index contributed by atoms with van der Waals surface area (Å²) in [4.78, 5) is -1.15. The van der Waals surface area contributed by atoms with Crippen molar-refractivity contribution in [3.05, 3.63) is 74.7 Å². The molecule has 0 heterocycles. The SMILES string of the molecule is Cc1c(Br)cccc1-c1c(S(N)(=O)=O)c(O)c2c(-c3cccc(Br)c3C)cccc2c1S(N)(=O)=O. The van der Waals surface area contributed by atoms with Crippen molar-refractivity contribution in [1.29, 1.82) is 0 Å². The van der Waals surface area contributed by atoms with E-state index in [2.05, 4.69) is 31.9 Å². The Morgan fingerprint density at radius 1 is 0.686 bits per heavy atom. The molecule has 4 aromatic carbocycles. The van der Waals surface area contributed by atoms with Crippen LogP contribution >= 0.6 is 31.9 Å². The third kappa shape index (κ3) is 4.41. The average molecular weight is 640 g/mol. The first-order chi connectivity index (χ1) is 16.2. The van der Waals surface area contributed by atoms with Gasteiger partial charge in [0.15, 0.2) is 0 Å². The van der Waals surface area contributed by atoms with Crippen LogP contribution in [0.15, 0.2) is 73.3 Å². The van der Waals surface area contributed by atoms with Gasteiger partial charge in [-0.25, -0.2) is 27.1 Å². The van der Waals surface area contributed by atoms with E-state index in [0.29, 0.717) is 21.2 Å². The average Bonchev–Trinajstić information content (AvgIpc) is 2.75. The summed E-state index contributed by atoms with van der Waals surface area (Å²) in [5.74, 6) is -0.653. The second-order valence-corrected chi connectivity index (χ2v) is 12.7. The van der Waals surface area contributed by atoms with E-state index in [0.717, 1.165) is 10.0 Å². The fraction of sp³-hybridized carbons (Fsp3) is 0.0833. The summed E-state index contributed by atoms with van der Waals surface area (Å²) in [5, 5.41) is 22.8. The standard InChI is InChI=1S/C24H20Br2N2O5S2/c1-12-14(6-4-10-18(12)25)16-8-3-9-17-20(16)22(29)24(35(28,32)33)21(23(17)34(27,30)31)15-7-5-11-19(26)13(15)2/h3-11,29H,1-2H3,(H2,27,30,31)(H2,28,32,33). The van der Waals surface area contributed by atoms with Crippen LogP contribution in [-0.4, -0.2) is 21.9 Å². The lowest BCUT2D eigenvalue weighted by molar-refractivity contribution is 0.465. The highest BCUT2D eigenvalue weighted by atomic mass is 79.9. The number of aromatic hydroxyl groups is 1. The summed E-state index contributed by atoms with van der Waals surface area (Å²) < 4.78 is 53.3. The quantitative estimate of drug-likeness (QED) is 0.277. The van der Waals surface area contributed by atoms with Crippen molar-refractivity contribution in [3.8, 4) is 28.0 Å². The van der Waals surface area contributed by atoms with E-state index in [1.807, 2.05) is 13.0 Å². The Balaban J connectivity index is 2.38. The number of primary sulfonamides is 2. The Labute approximate surface area is 220 Å². The highest BCUT2D eigenvalue weighted by Crippen LogP contribution is 2.49. The molecular formula is C24H20Br2N2O5S2. The molecule has 7 nitrogen and oxygen atoms in total. The van der Waals surface area contributed by atoms with Gasteiger partial charge in [-0.15, -0.1) is 0 Å². The molecule has 0 atom stereocenters. The molecule has 0 aromatic heterocycles. The molecule has 35 heavy (non-hydrogen) atoms. The van der Waals surface area contributed by atoms with E-state index in [1.54, 1.807) is 49.4 Å². The summed E-state index contributed by atoms with van der Waals surface area (Å²) in [6.07, 6.45) is 0. The second kappa shape index (κ2) is 8.99. The molecule has 0 saturated carbocycles. The first-order valence-electron chi connectivity index (χ1n) is 10.1. The highest BCUT2D eigenvalue weighted by molar-refractivity contribution is 9.10. The maximum absolute atomic E-state index is 13.0. The van der Waals surface area contributed by atoms with Crippen molar-refractivity contribution in [2.45, 2.75) is 23.6 Å². The monoisotopic (exact) mass is 638 g/mol. The Kier molecular flexibility index (Phi) is 6.62. The van der Waals surface area contributed by atoms with Crippen LogP contribution in [-0.2, 0) is 20.0 Å². The first-order valence-corrected chi connectivity index (χ1v) is 14.8. The van der Waals surface area contributed by atoms with Gasteiger partial charge in [-0.3, -0.25) is 0 Å². The molecule has 0 radical (unpaired) electrons. The molecule has 0 fully saturated rings. The topological polar surface area (TPSA) is 141 Å². The van der Waals surface area contributed by atoms with Gasteiger partial charge in [0.25, 0.3) is 0 Å². The van der Waals surface area contributed by atoms with E-state index in [4.69, 9.17) is 10.3 Å². The molecule has 4 aromatic rings. The summed E-state index contributed by atoms with van der Waals surface area (Å²) in [6.45, 7) is 3.53. The van der Waals surface area contributed by atoms with Gasteiger partial charge in [0, 0.05) is 25.3 Å².